The lowest BCUT2D eigenvalue weighted by atomic mass is 9.30. The van der Waals surface area contributed by atoms with Gasteiger partial charge >= 0.3 is 0 Å². The molecule has 8 rings (SSSR count). The summed E-state index contributed by atoms with van der Waals surface area (Å²) in [5.41, 5.74) is 1.36. The molecule has 0 amide bonds. The van der Waals surface area contributed by atoms with E-state index in [4.69, 9.17) is 0 Å². The van der Waals surface area contributed by atoms with Crippen molar-refractivity contribution in [2.75, 3.05) is 0 Å². The van der Waals surface area contributed by atoms with E-state index < -0.39 is 16.2 Å². The molecule has 0 heterocycles. The molecule has 5 nitrogen and oxygen atoms in total. The summed E-state index contributed by atoms with van der Waals surface area (Å²) >= 11 is 0. The van der Waals surface area contributed by atoms with Gasteiger partial charge in [-0.1, -0.05) is 48.5 Å². The van der Waals surface area contributed by atoms with Crippen LogP contribution in [0.25, 0.3) is 0 Å². The predicted molar refractivity (Wildman–Crippen MR) is 156 cm³/mol. The zero-order valence-electron chi connectivity index (χ0n) is 22.7. The number of aromatic hydroxyl groups is 4. The van der Waals surface area contributed by atoms with Crippen molar-refractivity contribution in [2.24, 2.45) is 23.2 Å². The van der Waals surface area contributed by atoms with E-state index in [1.54, 1.807) is 48.5 Å². The molecule has 4 aromatic rings. The molecule has 4 saturated carbocycles. The van der Waals surface area contributed by atoms with Gasteiger partial charge in [-0.25, -0.2) is 0 Å². The van der Waals surface area contributed by atoms with Gasteiger partial charge in [-0.15, -0.1) is 0 Å². The van der Waals surface area contributed by atoms with Crippen molar-refractivity contribution in [1.82, 2.24) is 0 Å². The first-order valence-corrected chi connectivity index (χ1v) is 14.4. The van der Waals surface area contributed by atoms with Gasteiger partial charge in [0.15, 0.2) is 0 Å². The molecule has 206 valence electrons. The van der Waals surface area contributed by atoms with E-state index in [1.807, 2.05) is 48.5 Å². The van der Waals surface area contributed by atoms with E-state index >= 15 is 0 Å². The predicted octanol–water partition coefficient (Wildman–Crippen LogP) is 7.13. The van der Waals surface area contributed by atoms with Gasteiger partial charge in [0, 0.05) is 10.8 Å². The average molecular weight is 544 g/mol. The van der Waals surface area contributed by atoms with Crippen LogP contribution in [0.2, 0.25) is 0 Å². The lowest BCUT2D eigenvalue weighted by Gasteiger charge is -2.72. The number of phenolic OH excluding ortho intramolecular Hbond substituents is 4. The van der Waals surface area contributed by atoms with Crippen LogP contribution in [-0.2, 0) is 10.8 Å². The van der Waals surface area contributed by atoms with Crippen molar-refractivity contribution in [3.63, 3.8) is 0 Å². The Morgan fingerprint density at radius 3 is 1.29 bits per heavy atom. The van der Waals surface area contributed by atoms with Gasteiger partial charge in [0.1, 0.15) is 28.4 Å². The van der Waals surface area contributed by atoms with Crippen LogP contribution in [0.5, 0.6) is 23.0 Å². The minimum absolute atomic E-state index is 0.139. The number of nitriles is 1. The molecule has 2 atom stereocenters. The molecule has 2 unspecified atom stereocenters. The van der Waals surface area contributed by atoms with Gasteiger partial charge in [0.2, 0.25) is 0 Å². The highest BCUT2D eigenvalue weighted by Crippen LogP contribution is 2.76. The molecule has 4 fully saturated rings. The Labute approximate surface area is 240 Å². The van der Waals surface area contributed by atoms with E-state index in [0.29, 0.717) is 11.8 Å². The first kappa shape index (κ1) is 25.5. The SMILES string of the molecule is N#CC(c1ccc(O)cc1)(c1ccc(O)cc1)C12CC3CC(CC(C3)C1(c1ccc(O)cc1)c1ccc(O)cc1)C2. The summed E-state index contributed by atoms with van der Waals surface area (Å²) in [6.45, 7) is 0. The number of hydrogen-bond acceptors (Lipinski definition) is 5. The van der Waals surface area contributed by atoms with Gasteiger partial charge in [-0.3, -0.25) is 0 Å². The fourth-order valence-electron chi connectivity index (χ4n) is 9.65. The Balaban J connectivity index is 1.64. The first-order valence-electron chi connectivity index (χ1n) is 14.4. The second-order valence-corrected chi connectivity index (χ2v) is 12.5. The first-order chi connectivity index (χ1) is 19.8. The van der Waals surface area contributed by atoms with Crippen molar-refractivity contribution in [1.29, 1.82) is 5.26 Å². The molecule has 5 heteroatoms. The highest BCUT2D eigenvalue weighted by atomic mass is 16.3. The van der Waals surface area contributed by atoms with Crippen LogP contribution >= 0.6 is 0 Å². The summed E-state index contributed by atoms with van der Waals surface area (Å²) in [6.07, 6.45) is 4.92. The van der Waals surface area contributed by atoms with Crippen molar-refractivity contribution in [2.45, 2.75) is 42.9 Å². The van der Waals surface area contributed by atoms with Crippen molar-refractivity contribution >= 4 is 0 Å². The molecule has 0 radical (unpaired) electrons. The van der Waals surface area contributed by atoms with Crippen molar-refractivity contribution in [3.8, 4) is 29.1 Å². The highest BCUT2D eigenvalue weighted by molar-refractivity contribution is 5.59. The fourth-order valence-corrected chi connectivity index (χ4v) is 9.65. The third-order valence-electron chi connectivity index (χ3n) is 10.7. The topological polar surface area (TPSA) is 105 Å². The van der Waals surface area contributed by atoms with Gasteiger partial charge in [-0.2, -0.15) is 5.26 Å². The van der Waals surface area contributed by atoms with Gasteiger partial charge in [-0.05, 0) is 121 Å². The summed E-state index contributed by atoms with van der Waals surface area (Å²) in [4.78, 5) is 0. The molecule has 0 aromatic heterocycles. The molecule has 4 aliphatic carbocycles. The van der Waals surface area contributed by atoms with Crippen LogP contribution in [0.4, 0.5) is 0 Å². The maximum atomic E-state index is 11.6. The van der Waals surface area contributed by atoms with E-state index in [-0.39, 0.29) is 28.9 Å². The highest BCUT2D eigenvalue weighted by Gasteiger charge is 2.74. The van der Waals surface area contributed by atoms with E-state index in [1.165, 1.54) is 0 Å². The van der Waals surface area contributed by atoms with E-state index in [9.17, 15) is 25.7 Å². The van der Waals surface area contributed by atoms with Crippen LogP contribution in [0, 0.1) is 34.5 Å². The summed E-state index contributed by atoms with van der Waals surface area (Å²) in [6, 6.07) is 32.1. The normalized spacial score (nSPS) is 26.0. The molecule has 4 aliphatic rings. The maximum Gasteiger partial charge on any atom is 0.115 e. The second kappa shape index (κ2) is 9.04. The number of phenols is 4. The zero-order chi connectivity index (χ0) is 28.4. The summed E-state index contributed by atoms with van der Waals surface area (Å²) in [7, 11) is 0. The minimum Gasteiger partial charge on any atom is -0.508 e. The molecule has 0 aliphatic heterocycles. The van der Waals surface area contributed by atoms with Crippen LogP contribution < -0.4 is 0 Å². The summed E-state index contributed by atoms with van der Waals surface area (Å²) in [5.74, 6) is 1.84. The Hall–Kier alpha value is -4.43. The summed E-state index contributed by atoms with van der Waals surface area (Å²) in [5, 5.41) is 52.9. The molecule has 4 bridgehead atoms. The molecule has 41 heavy (non-hydrogen) atoms. The molecular weight excluding hydrogens is 510 g/mol. The lowest BCUT2D eigenvalue weighted by Crippen LogP contribution is -2.69. The maximum absolute atomic E-state index is 11.6. The third-order valence-corrected chi connectivity index (χ3v) is 10.7. The second-order valence-electron chi connectivity index (χ2n) is 12.5. The Morgan fingerprint density at radius 1 is 0.561 bits per heavy atom. The quantitative estimate of drug-likeness (QED) is 0.214. The largest absolute Gasteiger partial charge is 0.508 e. The fraction of sp³-hybridized carbons (Fsp3) is 0.306. The monoisotopic (exact) mass is 543 g/mol. The van der Waals surface area contributed by atoms with Gasteiger partial charge in [0.25, 0.3) is 0 Å². The van der Waals surface area contributed by atoms with E-state index in [0.717, 1.165) is 54.4 Å². The smallest absolute Gasteiger partial charge is 0.115 e. The lowest BCUT2D eigenvalue weighted by molar-refractivity contribution is -0.137. The number of benzene rings is 4. The number of rotatable bonds is 5. The Morgan fingerprint density at radius 2 is 0.927 bits per heavy atom. The third kappa shape index (κ3) is 3.40. The van der Waals surface area contributed by atoms with Gasteiger partial charge in [0.05, 0.1) is 6.07 Å². The van der Waals surface area contributed by atoms with Gasteiger partial charge < -0.3 is 20.4 Å². The summed E-state index contributed by atoms with van der Waals surface area (Å²) < 4.78 is 0. The van der Waals surface area contributed by atoms with Crippen LogP contribution in [-0.4, -0.2) is 20.4 Å². The minimum atomic E-state index is -1.14. The van der Waals surface area contributed by atoms with Crippen LogP contribution in [0.1, 0.15) is 54.4 Å². The Bertz CT molecular complexity index is 1510. The molecule has 4 aromatic carbocycles. The van der Waals surface area contributed by atoms with Crippen LogP contribution in [0.3, 0.4) is 0 Å². The Kier molecular flexibility index (Phi) is 5.63. The number of hydrogen-bond donors (Lipinski definition) is 4. The molecule has 0 spiro atoms. The van der Waals surface area contributed by atoms with Crippen molar-refractivity contribution < 1.29 is 20.4 Å². The van der Waals surface area contributed by atoms with E-state index in [2.05, 4.69) is 6.07 Å². The average Bonchev–Trinajstić information content (AvgIpc) is 2.97. The molecular formula is C36H33NO4. The molecule has 4 N–H and O–H groups in total. The zero-order valence-corrected chi connectivity index (χ0v) is 22.7. The van der Waals surface area contributed by atoms with Crippen LogP contribution in [0.15, 0.2) is 97.1 Å². The molecule has 0 saturated heterocycles. The number of nitrogens with zero attached hydrogens (tertiary/aromatic N) is 1. The standard InChI is InChI=1S/C36H33NO4/c37-22-35(25-1-9-30(38)10-2-25,26-3-11-31(39)12-4-26)34-20-23-17-24(21-34)19-29(18-23)36(34,27-5-13-32(40)14-6-27)28-7-15-33(41)16-8-28/h1-16,23-24,29,38-41H,17-21H2. The van der Waals surface area contributed by atoms with Crippen molar-refractivity contribution in [3.05, 3.63) is 119 Å².